The Bertz CT molecular complexity index is 418. The van der Waals surface area contributed by atoms with Crippen LogP contribution in [0.1, 0.15) is 23.8 Å². The average Bonchev–Trinajstić information content (AvgIpc) is 2.97. The van der Waals surface area contributed by atoms with E-state index in [0.29, 0.717) is 0 Å². The molecular weight excluding hydrogens is 280 g/mol. The topological polar surface area (TPSA) is 90.7 Å². The lowest BCUT2D eigenvalue weighted by Crippen LogP contribution is -2.35. The highest BCUT2D eigenvalue weighted by Crippen LogP contribution is 2.22. The Morgan fingerprint density at radius 2 is 2.15 bits per heavy atom. The molecule has 1 aromatic rings. The van der Waals surface area contributed by atoms with Crippen LogP contribution in [0.4, 0.5) is 0 Å². The van der Waals surface area contributed by atoms with E-state index < -0.39 is 0 Å². The highest BCUT2D eigenvalue weighted by molar-refractivity contribution is 7.10. The molecule has 0 aliphatic heterocycles. The fourth-order valence-electron chi connectivity index (χ4n) is 1.69. The van der Waals surface area contributed by atoms with Crippen molar-refractivity contribution in [3.63, 3.8) is 0 Å². The second-order valence-corrected chi connectivity index (χ2v) is 5.19. The summed E-state index contributed by atoms with van der Waals surface area (Å²) in [5.74, 6) is -0.574. The van der Waals surface area contributed by atoms with Gasteiger partial charge in [-0.1, -0.05) is 6.07 Å². The summed E-state index contributed by atoms with van der Waals surface area (Å²) in [5.41, 5.74) is 5.48. The number of esters is 1. The number of hydrogen-bond acceptors (Lipinski definition) is 6. The standard InChI is InChI=1S/C13H20N2O4S/c1-18-9(8-14)6-12(16)15-10(7-13(17)19-2)11-4-3-5-20-11/h3-5,9-10H,6-8,14H2,1-2H3,(H,15,16). The van der Waals surface area contributed by atoms with Gasteiger partial charge < -0.3 is 20.5 Å². The molecule has 1 heterocycles. The zero-order chi connectivity index (χ0) is 15.0. The summed E-state index contributed by atoms with van der Waals surface area (Å²) >= 11 is 1.48. The van der Waals surface area contributed by atoms with E-state index in [0.717, 1.165) is 4.88 Å². The molecule has 0 aromatic carbocycles. The molecule has 6 nitrogen and oxygen atoms in total. The Kier molecular flexibility index (Phi) is 7.21. The van der Waals surface area contributed by atoms with Crippen LogP contribution in [0.2, 0.25) is 0 Å². The van der Waals surface area contributed by atoms with Crippen molar-refractivity contribution in [1.82, 2.24) is 5.32 Å². The maximum atomic E-state index is 12.0. The number of hydrogen-bond donors (Lipinski definition) is 2. The third-order valence-electron chi connectivity index (χ3n) is 2.83. The monoisotopic (exact) mass is 300 g/mol. The zero-order valence-electron chi connectivity index (χ0n) is 11.6. The zero-order valence-corrected chi connectivity index (χ0v) is 12.4. The maximum absolute atomic E-state index is 12.0. The third-order valence-corrected chi connectivity index (χ3v) is 3.82. The number of methoxy groups -OCH3 is 2. The molecule has 20 heavy (non-hydrogen) atoms. The van der Waals surface area contributed by atoms with Gasteiger partial charge in [-0.15, -0.1) is 11.3 Å². The van der Waals surface area contributed by atoms with Crippen molar-refractivity contribution in [2.45, 2.75) is 25.0 Å². The highest BCUT2D eigenvalue weighted by atomic mass is 32.1. The van der Waals surface area contributed by atoms with E-state index in [1.165, 1.54) is 25.6 Å². The van der Waals surface area contributed by atoms with Crippen LogP contribution in [0.5, 0.6) is 0 Å². The van der Waals surface area contributed by atoms with Gasteiger partial charge in [-0.2, -0.15) is 0 Å². The van der Waals surface area contributed by atoms with Gasteiger partial charge in [0.05, 0.1) is 32.1 Å². The lowest BCUT2D eigenvalue weighted by molar-refractivity contribution is -0.141. The molecule has 112 valence electrons. The Labute approximate surface area is 122 Å². The van der Waals surface area contributed by atoms with Gasteiger partial charge in [0.2, 0.25) is 5.91 Å². The predicted molar refractivity (Wildman–Crippen MR) is 76.3 cm³/mol. The summed E-state index contributed by atoms with van der Waals surface area (Å²) in [6, 6.07) is 3.36. The molecule has 0 aliphatic rings. The highest BCUT2D eigenvalue weighted by Gasteiger charge is 2.21. The summed E-state index contributed by atoms with van der Waals surface area (Å²) in [5, 5.41) is 4.71. The molecule has 2 unspecified atom stereocenters. The molecule has 0 fully saturated rings. The first-order valence-corrected chi connectivity index (χ1v) is 7.11. The maximum Gasteiger partial charge on any atom is 0.307 e. The van der Waals surface area contributed by atoms with Gasteiger partial charge in [0.15, 0.2) is 0 Å². The molecule has 0 aliphatic carbocycles. The van der Waals surface area contributed by atoms with Crippen LogP contribution in [-0.4, -0.2) is 38.7 Å². The minimum atomic E-state index is -0.384. The molecule has 0 spiro atoms. The van der Waals surface area contributed by atoms with Gasteiger partial charge in [0.1, 0.15) is 0 Å². The Morgan fingerprint density at radius 3 is 2.65 bits per heavy atom. The quantitative estimate of drug-likeness (QED) is 0.694. The summed E-state index contributed by atoms with van der Waals surface area (Å²) in [6.07, 6.45) is -0.0591. The number of carbonyl (C=O) groups excluding carboxylic acids is 2. The molecule has 1 rings (SSSR count). The first-order valence-electron chi connectivity index (χ1n) is 6.23. The molecule has 0 saturated heterocycles. The fraction of sp³-hybridized carbons (Fsp3) is 0.538. The molecule has 0 radical (unpaired) electrons. The number of carbonyl (C=O) groups is 2. The first kappa shape index (κ1) is 16.6. The van der Waals surface area contributed by atoms with Crippen molar-refractivity contribution in [3.05, 3.63) is 22.4 Å². The minimum absolute atomic E-state index is 0.100. The Hall–Kier alpha value is -1.44. The van der Waals surface area contributed by atoms with Gasteiger partial charge in [0.25, 0.3) is 0 Å². The van der Waals surface area contributed by atoms with Crippen LogP contribution in [0.15, 0.2) is 17.5 Å². The van der Waals surface area contributed by atoms with Crippen LogP contribution in [0, 0.1) is 0 Å². The lowest BCUT2D eigenvalue weighted by Gasteiger charge is -2.18. The molecule has 1 amide bonds. The summed E-state index contributed by atoms with van der Waals surface area (Å²) in [7, 11) is 2.83. The molecule has 2 atom stereocenters. The number of nitrogens with two attached hydrogens (primary N) is 1. The average molecular weight is 300 g/mol. The summed E-state index contributed by atoms with van der Waals surface area (Å²) in [4.78, 5) is 24.3. The van der Waals surface area contributed by atoms with Crippen molar-refractivity contribution >= 4 is 23.2 Å². The van der Waals surface area contributed by atoms with Crippen LogP contribution in [0.3, 0.4) is 0 Å². The second-order valence-electron chi connectivity index (χ2n) is 4.21. The van der Waals surface area contributed by atoms with Crippen LogP contribution in [-0.2, 0) is 19.1 Å². The van der Waals surface area contributed by atoms with Crippen molar-refractivity contribution < 1.29 is 19.1 Å². The normalized spacial score (nSPS) is 13.6. The number of ether oxygens (including phenoxy) is 2. The van der Waals surface area contributed by atoms with Gasteiger partial charge in [0, 0.05) is 18.5 Å². The van der Waals surface area contributed by atoms with Crippen molar-refractivity contribution in [2.75, 3.05) is 20.8 Å². The van der Waals surface area contributed by atoms with E-state index in [4.69, 9.17) is 10.5 Å². The van der Waals surface area contributed by atoms with Gasteiger partial charge in [-0.3, -0.25) is 9.59 Å². The SMILES string of the molecule is COC(=O)CC(NC(=O)CC(CN)OC)c1cccs1. The van der Waals surface area contributed by atoms with Gasteiger partial charge in [-0.25, -0.2) is 0 Å². The molecule has 0 bridgehead atoms. The Balaban J connectivity index is 2.65. The lowest BCUT2D eigenvalue weighted by atomic mass is 10.1. The third kappa shape index (κ3) is 5.28. The molecule has 3 N–H and O–H groups in total. The van der Waals surface area contributed by atoms with Crippen LogP contribution in [0.25, 0.3) is 0 Å². The number of nitrogens with one attached hydrogen (secondary N) is 1. The van der Waals surface area contributed by atoms with Gasteiger partial charge in [-0.05, 0) is 11.4 Å². The van der Waals surface area contributed by atoms with E-state index in [1.54, 1.807) is 0 Å². The summed E-state index contributed by atoms with van der Waals surface area (Å²) < 4.78 is 9.72. The van der Waals surface area contributed by atoms with E-state index in [2.05, 4.69) is 10.1 Å². The summed E-state index contributed by atoms with van der Waals surface area (Å²) in [6.45, 7) is 0.268. The first-order chi connectivity index (χ1) is 9.60. The fourth-order valence-corrected chi connectivity index (χ4v) is 2.46. The van der Waals surface area contributed by atoms with E-state index >= 15 is 0 Å². The number of rotatable bonds is 8. The van der Waals surface area contributed by atoms with Gasteiger partial charge >= 0.3 is 5.97 Å². The smallest absolute Gasteiger partial charge is 0.307 e. The van der Waals surface area contributed by atoms with Crippen molar-refractivity contribution in [2.24, 2.45) is 5.73 Å². The molecule has 0 saturated carbocycles. The Morgan fingerprint density at radius 1 is 1.40 bits per heavy atom. The molecule has 1 aromatic heterocycles. The predicted octanol–water partition coefficient (Wildman–Crippen LogP) is 0.832. The van der Waals surface area contributed by atoms with E-state index in [9.17, 15) is 9.59 Å². The molecular formula is C13H20N2O4S. The van der Waals surface area contributed by atoms with Crippen LogP contribution >= 0.6 is 11.3 Å². The van der Waals surface area contributed by atoms with Crippen molar-refractivity contribution in [1.29, 1.82) is 0 Å². The van der Waals surface area contributed by atoms with Crippen LogP contribution < -0.4 is 11.1 Å². The van der Waals surface area contributed by atoms with Crippen molar-refractivity contribution in [3.8, 4) is 0 Å². The largest absolute Gasteiger partial charge is 0.469 e. The minimum Gasteiger partial charge on any atom is -0.469 e. The number of amides is 1. The second kappa shape index (κ2) is 8.68. The molecule has 7 heteroatoms. The number of thiophene rings is 1. The van der Waals surface area contributed by atoms with E-state index in [-0.39, 0.29) is 43.4 Å². The van der Waals surface area contributed by atoms with E-state index in [1.807, 2.05) is 17.5 Å².